The molecule has 0 amide bonds. The fourth-order valence-electron chi connectivity index (χ4n) is 4.00. The first kappa shape index (κ1) is 15.3. The van der Waals surface area contributed by atoms with E-state index in [-0.39, 0.29) is 5.41 Å². The van der Waals surface area contributed by atoms with Gasteiger partial charge in [0.1, 0.15) is 0 Å². The van der Waals surface area contributed by atoms with Gasteiger partial charge in [-0.3, -0.25) is 0 Å². The van der Waals surface area contributed by atoms with Crippen molar-refractivity contribution in [2.75, 3.05) is 46.4 Å². The van der Waals surface area contributed by atoms with Crippen LogP contribution in [0.3, 0.4) is 0 Å². The van der Waals surface area contributed by atoms with Crippen LogP contribution in [-0.2, 0) is 0 Å². The third-order valence-corrected chi connectivity index (χ3v) is 4.90. The summed E-state index contributed by atoms with van der Waals surface area (Å²) in [7, 11) is 2.22. The SMILES string of the molecule is CN(CC(C)(C)CN1CCCC1)CC1(CO)CCC1. The lowest BCUT2D eigenvalue weighted by atomic mass is 9.69. The summed E-state index contributed by atoms with van der Waals surface area (Å²) in [6.45, 7) is 11.1. The molecule has 3 heteroatoms. The summed E-state index contributed by atoms with van der Waals surface area (Å²) in [5, 5.41) is 9.58. The van der Waals surface area contributed by atoms with Crippen LogP contribution in [-0.4, -0.2) is 61.3 Å². The molecule has 0 spiro atoms. The molecule has 0 bridgehead atoms. The molecule has 0 aromatic rings. The molecule has 1 N–H and O–H groups in total. The molecule has 2 fully saturated rings. The topological polar surface area (TPSA) is 26.7 Å². The molecule has 2 rings (SSSR count). The highest BCUT2D eigenvalue weighted by molar-refractivity contribution is 4.90. The van der Waals surface area contributed by atoms with Crippen LogP contribution in [0.15, 0.2) is 0 Å². The molecule has 2 aliphatic rings. The highest BCUT2D eigenvalue weighted by Gasteiger charge is 2.38. The summed E-state index contributed by atoms with van der Waals surface area (Å²) in [6, 6.07) is 0. The van der Waals surface area contributed by atoms with E-state index >= 15 is 0 Å². The first-order chi connectivity index (χ1) is 8.95. The Kier molecular flexibility index (Phi) is 4.91. The van der Waals surface area contributed by atoms with Gasteiger partial charge in [-0.2, -0.15) is 0 Å². The first-order valence-corrected chi connectivity index (χ1v) is 7.97. The number of nitrogens with zero attached hydrogens (tertiary/aromatic N) is 2. The van der Waals surface area contributed by atoms with Gasteiger partial charge in [0.2, 0.25) is 0 Å². The minimum absolute atomic E-state index is 0.221. The van der Waals surface area contributed by atoms with E-state index < -0.39 is 0 Å². The van der Waals surface area contributed by atoms with E-state index in [1.807, 2.05) is 0 Å². The Morgan fingerprint density at radius 1 is 1.16 bits per heavy atom. The molecule has 0 aromatic carbocycles. The van der Waals surface area contributed by atoms with Gasteiger partial charge in [-0.05, 0) is 51.2 Å². The van der Waals surface area contributed by atoms with E-state index in [0.29, 0.717) is 12.0 Å². The Morgan fingerprint density at radius 3 is 2.26 bits per heavy atom. The maximum Gasteiger partial charge on any atom is 0.0499 e. The van der Waals surface area contributed by atoms with Gasteiger partial charge in [-0.15, -0.1) is 0 Å². The number of aliphatic hydroxyl groups is 1. The van der Waals surface area contributed by atoms with Crippen LogP contribution in [0.4, 0.5) is 0 Å². The van der Waals surface area contributed by atoms with Crippen LogP contribution in [0.5, 0.6) is 0 Å². The molecule has 1 saturated heterocycles. The molecule has 0 aromatic heterocycles. The lowest BCUT2D eigenvalue weighted by molar-refractivity contribution is 0.00412. The first-order valence-electron chi connectivity index (χ1n) is 7.97. The third kappa shape index (κ3) is 4.17. The van der Waals surface area contributed by atoms with Crippen LogP contribution < -0.4 is 0 Å². The quantitative estimate of drug-likeness (QED) is 0.767. The van der Waals surface area contributed by atoms with Crippen molar-refractivity contribution in [1.82, 2.24) is 9.80 Å². The van der Waals surface area contributed by atoms with Gasteiger partial charge in [0.05, 0.1) is 0 Å². The van der Waals surface area contributed by atoms with Gasteiger partial charge in [-0.1, -0.05) is 20.3 Å². The molecular weight excluding hydrogens is 236 g/mol. The van der Waals surface area contributed by atoms with Gasteiger partial charge in [-0.25, -0.2) is 0 Å². The molecule has 0 unspecified atom stereocenters. The molecule has 1 aliphatic heterocycles. The zero-order valence-corrected chi connectivity index (χ0v) is 13.1. The van der Waals surface area contributed by atoms with E-state index in [1.54, 1.807) is 0 Å². The average Bonchev–Trinajstić information content (AvgIpc) is 2.74. The van der Waals surface area contributed by atoms with Crippen LogP contribution >= 0.6 is 0 Å². The normalized spacial score (nSPS) is 23.8. The van der Waals surface area contributed by atoms with Gasteiger partial charge in [0.25, 0.3) is 0 Å². The Labute approximate surface area is 119 Å². The van der Waals surface area contributed by atoms with E-state index in [2.05, 4.69) is 30.7 Å². The van der Waals surface area contributed by atoms with E-state index in [0.717, 1.165) is 13.1 Å². The second-order valence-electron chi connectivity index (χ2n) is 7.83. The van der Waals surface area contributed by atoms with E-state index in [9.17, 15) is 5.11 Å². The maximum atomic E-state index is 9.58. The molecule has 1 saturated carbocycles. The molecule has 0 radical (unpaired) electrons. The monoisotopic (exact) mass is 268 g/mol. The van der Waals surface area contributed by atoms with Gasteiger partial charge >= 0.3 is 0 Å². The minimum Gasteiger partial charge on any atom is -0.396 e. The predicted octanol–water partition coefficient (Wildman–Crippen LogP) is 2.20. The number of hydrogen-bond acceptors (Lipinski definition) is 3. The lowest BCUT2D eigenvalue weighted by Gasteiger charge is -2.44. The molecule has 1 heterocycles. The van der Waals surface area contributed by atoms with Crippen molar-refractivity contribution in [1.29, 1.82) is 0 Å². The largest absolute Gasteiger partial charge is 0.396 e. The van der Waals surface area contributed by atoms with Crippen molar-refractivity contribution in [3.63, 3.8) is 0 Å². The number of rotatable bonds is 7. The summed E-state index contributed by atoms with van der Waals surface area (Å²) in [6.07, 6.45) is 6.46. The van der Waals surface area contributed by atoms with Crippen molar-refractivity contribution >= 4 is 0 Å². The van der Waals surface area contributed by atoms with Crippen LogP contribution in [0.1, 0.15) is 46.0 Å². The van der Waals surface area contributed by atoms with Gasteiger partial charge in [0, 0.05) is 31.7 Å². The zero-order chi connectivity index (χ0) is 13.9. The fraction of sp³-hybridized carbons (Fsp3) is 1.00. The fourth-order valence-corrected chi connectivity index (χ4v) is 4.00. The Morgan fingerprint density at radius 2 is 1.79 bits per heavy atom. The molecule has 3 nitrogen and oxygen atoms in total. The van der Waals surface area contributed by atoms with Crippen molar-refractivity contribution in [2.24, 2.45) is 10.8 Å². The standard InChI is InChI=1S/C16H32N2O/c1-15(2,12-18-9-4-5-10-18)11-17(3)13-16(14-19)7-6-8-16/h19H,4-14H2,1-3H3. The van der Waals surface area contributed by atoms with Crippen molar-refractivity contribution in [3.8, 4) is 0 Å². The van der Waals surface area contributed by atoms with Gasteiger partial charge < -0.3 is 14.9 Å². The van der Waals surface area contributed by atoms with Crippen molar-refractivity contribution in [3.05, 3.63) is 0 Å². The number of likely N-dealkylation sites (tertiary alicyclic amines) is 1. The molecule has 0 atom stereocenters. The average molecular weight is 268 g/mol. The molecule has 112 valence electrons. The summed E-state index contributed by atoms with van der Waals surface area (Å²) < 4.78 is 0. The summed E-state index contributed by atoms with van der Waals surface area (Å²) in [5.74, 6) is 0. The molecular formula is C16H32N2O. The highest BCUT2D eigenvalue weighted by Crippen LogP contribution is 2.41. The number of aliphatic hydroxyl groups excluding tert-OH is 1. The number of hydrogen-bond donors (Lipinski definition) is 1. The highest BCUT2D eigenvalue weighted by atomic mass is 16.3. The third-order valence-electron chi connectivity index (χ3n) is 4.90. The zero-order valence-electron chi connectivity index (χ0n) is 13.1. The summed E-state index contributed by atoms with van der Waals surface area (Å²) in [5.41, 5.74) is 0.567. The minimum atomic E-state index is 0.221. The van der Waals surface area contributed by atoms with Crippen LogP contribution in [0, 0.1) is 10.8 Å². The summed E-state index contributed by atoms with van der Waals surface area (Å²) >= 11 is 0. The lowest BCUT2D eigenvalue weighted by Crippen LogP contribution is -2.47. The van der Waals surface area contributed by atoms with E-state index in [4.69, 9.17) is 0 Å². The van der Waals surface area contributed by atoms with Crippen LogP contribution in [0.25, 0.3) is 0 Å². The Bertz CT molecular complexity index is 275. The van der Waals surface area contributed by atoms with Crippen LogP contribution in [0.2, 0.25) is 0 Å². The molecule has 19 heavy (non-hydrogen) atoms. The second-order valence-corrected chi connectivity index (χ2v) is 7.83. The summed E-state index contributed by atoms with van der Waals surface area (Å²) in [4.78, 5) is 5.06. The van der Waals surface area contributed by atoms with Gasteiger partial charge in [0.15, 0.2) is 0 Å². The predicted molar refractivity (Wildman–Crippen MR) is 80.3 cm³/mol. The van der Waals surface area contributed by atoms with Crippen molar-refractivity contribution < 1.29 is 5.11 Å². The maximum absolute atomic E-state index is 9.58. The Hall–Kier alpha value is -0.120. The second kappa shape index (κ2) is 6.11. The van der Waals surface area contributed by atoms with Crippen molar-refractivity contribution in [2.45, 2.75) is 46.0 Å². The smallest absolute Gasteiger partial charge is 0.0499 e. The molecule has 1 aliphatic carbocycles. The van der Waals surface area contributed by atoms with E-state index in [1.165, 1.54) is 51.7 Å². The Balaban J connectivity index is 1.77.